The third kappa shape index (κ3) is 3.11. The number of aliphatic hydroxyl groups is 1. The summed E-state index contributed by atoms with van der Waals surface area (Å²) < 4.78 is 19.2. The van der Waals surface area contributed by atoms with Gasteiger partial charge in [-0.1, -0.05) is 32.0 Å². The zero-order valence-corrected chi connectivity index (χ0v) is 13.8. The summed E-state index contributed by atoms with van der Waals surface area (Å²) in [7, 11) is 0. The molecule has 0 saturated heterocycles. The molecule has 1 amide bonds. The van der Waals surface area contributed by atoms with E-state index in [0.29, 0.717) is 13.0 Å². The highest BCUT2D eigenvalue weighted by molar-refractivity contribution is 5.88. The molecule has 128 valence electrons. The van der Waals surface area contributed by atoms with E-state index < -0.39 is 22.9 Å². The van der Waals surface area contributed by atoms with Gasteiger partial charge in [0.25, 0.3) is 0 Å². The minimum absolute atomic E-state index is 0.0697. The van der Waals surface area contributed by atoms with E-state index in [1.807, 2.05) is 20.8 Å². The molecule has 5 nitrogen and oxygen atoms in total. The highest BCUT2D eigenvalue weighted by Crippen LogP contribution is 2.49. The number of carbonyl (C=O) groups excluding carboxylic acids is 1. The lowest BCUT2D eigenvalue weighted by Crippen LogP contribution is -2.75. The molecule has 1 aromatic carbocycles. The summed E-state index contributed by atoms with van der Waals surface area (Å²) in [6.45, 7) is 6.16. The summed E-state index contributed by atoms with van der Waals surface area (Å²) in [5.74, 6) is -0.856. The normalized spacial score (nSPS) is 27.1. The molecule has 0 aromatic heterocycles. The molecule has 0 spiro atoms. The average molecular weight is 324 g/mol. The molecule has 1 saturated carbocycles. The van der Waals surface area contributed by atoms with E-state index in [0.717, 1.165) is 0 Å². The number of hydrogen-bond donors (Lipinski definition) is 3. The van der Waals surface area contributed by atoms with Crippen LogP contribution in [0.15, 0.2) is 24.3 Å². The summed E-state index contributed by atoms with van der Waals surface area (Å²) in [5.41, 5.74) is 4.85. The van der Waals surface area contributed by atoms with Gasteiger partial charge >= 0.3 is 0 Å². The topological polar surface area (TPSA) is 84.6 Å². The van der Waals surface area contributed by atoms with Gasteiger partial charge in [0.05, 0.1) is 12.2 Å². The Morgan fingerprint density at radius 2 is 2.17 bits per heavy atom. The molecule has 6 heteroatoms. The number of halogens is 1. The van der Waals surface area contributed by atoms with Crippen molar-refractivity contribution in [3.8, 4) is 0 Å². The number of aliphatic hydroxyl groups excluding tert-OH is 1. The Balaban J connectivity index is 1.97. The quantitative estimate of drug-likeness (QED) is 0.740. The van der Waals surface area contributed by atoms with Gasteiger partial charge in [-0.25, -0.2) is 4.39 Å². The van der Waals surface area contributed by atoms with Crippen molar-refractivity contribution in [2.24, 2.45) is 11.1 Å². The first-order valence-electron chi connectivity index (χ1n) is 7.85. The highest BCUT2D eigenvalue weighted by Gasteiger charge is 2.62. The number of ether oxygens (including phenoxy) is 1. The third-order valence-electron chi connectivity index (χ3n) is 4.96. The van der Waals surface area contributed by atoms with Crippen molar-refractivity contribution in [1.82, 2.24) is 5.32 Å². The molecule has 1 aliphatic rings. The van der Waals surface area contributed by atoms with Crippen LogP contribution in [0.3, 0.4) is 0 Å². The lowest BCUT2D eigenvalue weighted by atomic mass is 9.54. The van der Waals surface area contributed by atoms with Crippen molar-refractivity contribution in [2.45, 2.75) is 44.9 Å². The molecular weight excluding hydrogens is 299 g/mol. The van der Waals surface area contributed by atoms with Gasteiger partial charge in [0.15, 0.2) is 0 Å². The number of nitrogens with two attached hydrogens (primary N) is 1. The van der Waals surface area contributed by atoms with Crippen LogP contribution in [0.5, 0.6) is 0 Å². The maximum Gasteiger partial charge on any atom is 0.240 e. The Morgan fingerprint density at radius 1 is 1.52 bits per heavy atom. The maximum atomic E-state index is 13.6. The smallest absolute Gasteiger partial charge is 0.240 e. The number of nitrogens with one attached hydrogen (secondary N) is 1. The molecule has 0 bridgehead atoms. The first kappa shape index (κ1) is 17.8. The van der Waals surface area contributed by atoms with Gasteiger partial charge in [0.2, 0.25) is 5.91 Å². The lowest BCUT2D eigenvalue weighted by molar-refractivity contribution is -0.170. The third-order valence-corrected chi connectivity index (χ3v) is 4.96. The standard InChI is InChI=1S/C17H25FN2O3/c1-4-23-14-9-17(19,16(14,2)3)15(22)20-10-13(21)11-7-5-6-8-12(11)18/h5-8,13-14,21H,4,9-10,19H2,1-3H3,(H,20,22). The van der Waals surface area contributed by atoms with E-state index >= 15 is 0 Å². The predicted octanol–water partition coefficient (Wildman–Crippen LogP) is 1.51. The fourth-order valence-corrected chi connectivity index (χ4v) is 3.02. The van der Waals surface area contributed by atoms with Gasteiger partial charge in [-0.05, 0) is 13.0 Å². The Hall–Kier alpha value is -1.50. The molecule has 4 N–H and O–H groups in total. The summed E-state index contributed by atoms with van der Waals surface area (Å²) in [6, 6.07) is 5.94. The summed E-state index contributed by atoms with van der Waals surface area (Å²) in [6.07, 6.45) is -0.760. The fourth-order valence-electron chi connectivity index (χ4n) is 3.02. The van der Waals surface area contributed by atoms with E-state index in [1.54, 1.807) is 12.1 Å². The van der Waals surface area contributed by atoms with E-state index in [9.17, 15) is 14.3 Å². The Labute approximate surface area is 136 Å². The Kier molecular flexibility index (Phi) is 5.08. The first-order valence-corrected chi connectivity index (χ1v) is 7.85. The molecule has 23 heavy (non-hydrogen) atoms. The second-order valence-electron chi connectivity index (χ2n) is 6.59. The molecule has 1 aromatic rings. The molecule has 0 aliphatic heterocycles. The van der Waals surface area contributed by atoms with Crippen molar-refractivity contribution in [2.75, 3.05) is 13.2 Å². The monoisotopic (exact) mass is 324 g/mol. The van der Waals surface area contributed by atoms with Crippen molar-refractivity contribution >= 4 is 5.91 Å². The molecule has 1 aliphatic carbocycles. The van der Waals surface area contributed by atoms with Gasteiger partial charge in [-0.2, -0.15) is 0 Å². The zero-order valence-electron chi connectivity index (χ0n) is 13.8. The van der Waals surface area contributed by atoms with Crippen LogP contribution >= 0.6 is 0 Å². The second-order valence-corrected chi connectivity index (χ2v) is 6.59. The maximum absolute atomic E-state index is 13.6. The predicted molar refractivity (Wildman–Crippen MR) is 85.1 cm³/mol. The number of carbonyl (C=O) groups is 1. The molecule has 1 fully saturated rings. The molecule has 2 rings (SSSR count). The molecule has 3 atom stereocenters. The van der Waals surface area contributed by atoms with Crippen molar-refractivity contribution in [1.29, 1.82) is 0 Å². The second kappa shape index (κ2) is 6.55. The molecule has 3 unspecified atom stereocenters. The van der Waals surface area contributed by atoms with Crippen LogP contribution in [0.2, 0.25) is 0 Å². The van der Waals surface area contributed by atoms with Gasteiger partial charge in [-0.15, -0.1) is 0 Å². The average Bonchev–Trinajstić information content (AvgIpc) is 2.52. The minimum Gasteiger partial charge on any atom is -0.386 e. The van der Waals surface area contributed by atoms with Crippen LogP contribution in [0.4, 0.5) is 4.39 Å². The van der Waals surface area contributed by atoms with Crippen molar-refractivity contribution in [3.05, 3.63) is 35.6 Å². The number of hydrogen-bond acceptors (Lipinski definition) is 4. The number of amides is 1. The van der Waals surface area contributed by atoms with E-state index in [4.69, 9.17) is 10.5 Å². The van der Waals surface area contributed by atoms with Crippen LogP contribution < -0.4 is 11.1 Å². The number of benzene rings is 1. The highest BCUT2D eigenvalue weighted by atomic mass is 19.1. The van der Waals surface area contributed by atoms with Crippen LogP contribution in [0.25, 0.3) is 0 Å². The van der Waals surface area contributed by atoms with Crippen molar-refractivity contribution in [3.63, 3.8) is 0 Å². The molecule has 0 heterocycles. The summed E-state index contributed by atoms with van der Waals surface area (Å²) >= 11 is 0. The molecular formula is C17H25FN2O3. The van der Waals surface area contributed by atoms with Crippen LogP contribution in [-0.2, 0) is 9.53 Å². The van der Waals surface area contributed by atoms with Crippen LogP contribution in [-0.4, -0.2) is 35.8 Å². The Bertz CT molecular complexity index is 579. The summed E-state index contributed by atoms with van der Waals surface area (Å²) in [4.78, 5) is 12.4. The fraction of sp³-hybridized carbons (Fsp3) is 0.588. The molecule has 0 radical (unpaired) electrons. The van der Waals surface area contributed by atoms with Gasteiger partial charge < -0.3 is 20.9 Å². The van der Waals surface area contributed by atoms with Crippen LogP contribution in [0.1, 0.15) is 38.9 Å². The minimum atomic E-state index is -1.12. The van der Waals surface area contributed by atoms with E-state index in [1.165, 1.54) is 12.1 Å². The van der Waals surface area contributed by atoms with Gasteiger partial charge in [0.1, 0.15) is 11.4 Å². The zero-order chi connectivity index (χ0) is 17.3. The summed E-state index contributed by atoms with van der Waals surface area (Å²) in [5, 5.41) is 12.7. The van der Waals surface area contributed by atoms with E-state index in [-0.39, 0.29) is 24.1 Å². The lowest BCUT2D eigenvalue weighted by Gasteiger charge is -2.57. The number of rotatable bonds is 6. The SMILES string of the molecule is CCOC1CC(N)(C(=O)NCC(O)c2ccccc2F)C1(C)C. The largest absolute Gasteiger partial charge is 0.386 e. The van der Waals surface area contributed by atoms with Gasteiger partial charge in [0, 0.05) is 30.6 Å². The Morgan fingerprint density at radius 3 is 2.74 bits per heavy atom. The van der Waals surface area contributed by atoms with Crippen molar-refractivity contribution < 1.29 is 19.0 Å². The van der Waals surface area contributed by atoms with Gasteiger partial charge in [-0.3, -0.25) is 4.79 Å². The first-order chi connectivity index (χ1) is 10.7. The van der Waals surface area contributed by atoms with Crippen LogP contribution in [0, 0.1) is 11.2 Å². The van der Waals surface area contributed by atoms with E-state index in [2.05, 4.69) is 5.32 Å².